The maximum absolute atomic E-state index is 9.44. The molecular formula is C17H27N3O. The Morgan fingerprint density at radius 2 is 2.14 bits per heavy atom. The van der Waals surface area contributed by atoms with Gasteiger partial charge in [-0.3, -0.25) is 0 Å². The van der Waals surface area contributed by atoms with Crippen LogP contribution in [-0.4, -0.2) is 32.8 Å². The van der Waals surface area contributed by atoms with Gasteiger partial charge in [0.05, 0.1) is 17.9 Å². The Bertz CT molecular complexity index is 468. The predicted octanol–water partition coefficient (Wildman–Crippen LogP) is 2.92. The summed E-state index contributed by atoms with van der Waals surface area (Å²) in [6.45, 7) is 9.67. The van der Waals surface area contributed by atoms with Crippen molar-refractivity contribution in [1.82, 2.24) is 5.32 Å². The van der Waals surface area contributed by atoms with E-state index in [1.165, 1.54) is 0 Å². The molecule has 1 aromatic carbocycles. The smallest absolute Gasteiger partial charge is 0.101 e. The lowest BCUT2D eigenvalue weighted by molar-refractivity contribution is 0.182. The summed E-state index contributed by atoms with van der Waals surface area (Å²) in [6.07, 6.45) is 1.11. The number of likely N-dealkylation sites (N-methyl/N-ethyl adjacent to an activating group) is 1. The van der Waals surface area contributed by atoms with Crippen LogP contribution in [0.3, 0.4) is 0 Å². The van der Waals surface area contributed by atoms with E-state index in [1.54, 1.807) is 7.11 Å². The van der Waals surface area contributed by atoms with Gasteiger partial charge in [-0.2, -0.15) is 5.26 Å². The van der Waals surface area contributed by atoms with Gasteiger partial charge in [-0.05, 0) is 44.5 Å². The maximum atomic E-state index is 9.44. The molecule has 0 amide bonds. The molecule has 0 saturated heterocycles. The Kier molecular flexibility index (Phi) is 7.81. The minimum Gasteiger partial charge on any atom is -0.383 e. The minimum absolute atomic E-state index is 0.246. The SMILES string of the molecule is CCCNCc1ccc(N(CC)C(C)COC)c(C#N)c1. The van der Waals surface area contributed by atoms with Gasteiger partial charge in [0.15, 0.2) is 0 Å². The van der Waals surface area contributed by atoms with Crippen LogP contribution in [0.1, 0.15) is 38.3 Å². The van der Waals surface area contributed by atoms with E-state index < -0.39 is 0 Å². The van der Waals surface area contributed by atoms with Crippen LogP contribution in [0.4, 0.5) is 5.69 Å². The summed E-state index contributed by atoms with van der Waals surface area (Å²) in [7, 11) is 1.71. The van der Waals surface area contributed by atoms with Crippen molar-refractivity contribution in [3.63, 3.8) is 0 Å². The van der Waals surface area contributed by atoms with Crippen molar-refractivity contribution in [2.45, 2.75) is 39.8 Å². The molecule has 0 saturated carbocycles. The number of rotatable bonds is 9. The quantitative estimate of drug-likeness (QED) is 0.710. The third kappa shape index (κ3) is 5.04. The zero-order chi connectivity index (χ0) is 15.7. The van der Waals surface area contributed by atoms with Crippen molar-refractivity contribution in [3.05, 3.63) is 29.3 Å². The summed E-state index contributed by atoms with van der Waals surface area (Å²) in [4.78, 5) is 2.21. The fraction of sp³-hybridized carbons (Fsp3) is 0.588. The van der Waals surface area contributed by atoms with Crippen LogP contribution in [0, 0.1) is 11.3 Å². The molecule has 4 heteroatoms. The van der Waals surface area contributed by atoms with Gasteiger partial charge >= 0.3 is 0 Å². The Balaban J connectivity index is 2.93. The lowest BCUT2D eigenvalue weighted by Crippen LogP contribution is -2.36. The molecule has 0 spiro atoms. The molecule has 0 aromatic heterocycles. The first kappa shape index (κ1) is 17.5. The van der Waals surface area contributed by atoms with Gasteiger partial charge in [0.2, 0.25) is 0 Å². The van der Waals surface area contributed by atoms with Crippen molar-refractivity contribution in [2.24, 2.45) is 0 Å². The van der Waals surface area contributed by atoms with Crippen LogP contribution in [0.15, 0.2) is 18.2 Å². The van der Waals surface area contributed by atoms with Crippen molar-refractivity contribution in [3.8, 4) is 6.07 Å². The van der Waals surface area contributed by atoms with Gasteiger partial charge in [0.25, 0.3) is 0 Å². The summed E-state index contributed by atoms with van der Waals surface area (Å²) in [6, 6.07) is 8.71. The van der Waals surface area contributed by atoms with Crippen LogP contribution >= 0.6 is 0 Å². The summed E-state index contributed by atoms with van der Waals surface area (Å²) in [5, 5.41) is 12.8. The van der Waals surface area contributed by atoms with E-state index in [0.717, 1.165) is 42.9 Å². The van der Waals surface area contributed by atoms with E-state index in [0.29, 0.717) is 6.61 Å². The second-order valence-corrected chi connectivity index (χ2v) is 5.23. The monoisotopic (exact) mass is 289 g/mol. The molecule has 0 fully saturated rings. The van der Waals surface area contributed by atoms with Crippen LogP contribution in [0.5, 0.6) is 0 Å². The highest BCUT2D eigenvalue weighted by molar-refractivity contribution is 5.61. The molecule has 1 aromatic rings. The summed E-state index contributed by atoms with van der Waals surface area (Å²) < 4.78 is 5.24. The minimum atomic E-state index is 0.246. The molecule has 1 rings (SSSR count). The highest BCUT2D eigenvalue weighted by atomic mass is 16.5. The fourth-order valence-corrected chi connectivity index (χ4v) is 2.49. The molecule has 1 atom stereocenters. The van der Waals surface area contributed by atoms with E-state index in [-0.39, 0.29) is 6.04 Å². The molecule has 0 aliphatic carbocycles. The number of methoxy groups -OCH3 is 1. The van der Waals surface area contributed by atoms with Crippen molar-refractivity contribution < 1.29 is 4.74 Å². The van der Waals surface area contributed by atoms with Crippen LogP contribution in [0.2, 0.25) is 0 Å². The average molecular weight is 289 g/mol. The summed E-state index contributed by atoms with van der Waals surface area (Å²) >= 11 is 0. The number of benzene rings is 1. The number of nitrogens with zero attached hydrogens (tertiary/aromatic N) is 2. The molecule has 0 radical (unpaired) electrons. The van der Waals surface area contributed by atoms with E-state index in [9.17, 15) is 5.26 Å². The molecule has 0 aliphatic rings. The Morgan fingerprint density at radius 1 is 1.38 bits per heavy atom. The summed E-state index contributed by atoms with van der Waals surface area (Å²) in [5.41, 5.74) is 2.87. The average Bonchev–Trinajstić information content (AvgIpc) is 2.49. The van der Waals surface area contributed by atoms with Crippen molar-refractivity contribution >= 4 is 5.69 Å². The third-order valence-electron chi connectivity index (χ3n) is 3.53. The van der Waals surface area contributed by atoms with Gasteiger partial charge < -0.3 is 15.0 Å². The van der Waals surface area contributed by atoms with E-state index >= 15 is 0 Å². The number of anilines is 1. The fourth-order valence-electron chi connectivity index (χ4n) is 2.49. The molecule has 4 nitrogen and oxygen atoms in total. The summed E-state index contributed by atoms with van der Waals surface area (Å²) in [5.74, 6) is 0. The number of nitrogens with one attached hydrogen (secondary N) is 1. The third-order valence-corrected chi connectivity index (χ3v) is 3.53. The van der Waals surface area contributed by atoms with E-state index in [4.69, 9.17) is 4.74 Å². The standard InChI is InChI=1S/C17H27N3O/c1-5-9-19-12-15-7-8-17(16(10-15)11-18)20(6-2)14(3)13-21-4/h7-8,10,14,19H,5-6,9,12-13H2,1-4H3. The molecule has 1 unspecified atom stereocenters. The second kappa shape index (κ2) is 9.38. The largest absolute Gasteiger partial charge is 0.383 e. The molecule has 0 aliphatic heterocycles. The van der Waals surface area contributed by atoms with Gasteiger partial charge in [-0.1, -0.05) is 13.0 Å². The number of hydrogen-bond acceptors (Lipinski definition) is 4. The predicted molar refractivity (Wildman–Crippen MR) is 87.5 cm³/mol. The highest BCUT2D eigenvalue weighted by Gasteiger charge is 2.16. The number of hydrogen-bond donors (Lipinski definition) is 1. The van der Waals surface area contributed by atoms with Crippen molar-refractivity contribution in [1.29, 1.82) is 5.26 Å². The van der Waals surface area contributed by atoms with E-state index in [2.05, 4.69) is 49.2 Å². The first-order chi connectivity index (χ1) is 10.2. The Morgan fingerprint density at radius 3 is 2.71 bits per heavy atom. The first-order valence-electron chi connectivity index (χ1n) is 7.67. The molecule has 1 N–H and O–H groups in total. The lowest BCUT2D eigenvalue weighted by atomic mass is 10.1. The molecule has 0 bridgehead atoms. The number of nitriles is 1. The topological polar surface area (TPSA) is 48.3 Å². The van der Waals surface area contributed by atoms with Gasteiger partial charge in [0.1, 0.15) is 6.07 Å². The van der Waals surface area contributed by atoms with Gasteiger partial charge in [-0.25, -0.2) is 0 Å². The van der Waals surface area contributed by atoms with Gasteiger partial charge in [0, 0.05) is 26.2 Å². The van der Waals surface area contributed by atoms with Crippen LogP contribution in [-0.2, 0) is 11.3 Å². The van der Waals surface area contributed by atoms with Crippen molar-refractivity contribution in [2.75, 3.05) is 31.7 Å². The molecule has 0 heterocycles. The molecular weight excluding hydrogens is 262 g/mol. The Labute approximate surface area is 128 Å². The van der Waals surface area contributed by atoms with Gasteiger partial charge in [-0.15, -0.1) is 0 Å². The Hall–Kier alpha value is -1.57. The number of ether oxygens (including phenoxy) is 1. The zero-order valence-electron chi connectivity index (χ0n) is 13.6. The second-order valence-electron chi connectivity index (χ2n) is 5.23. The first-order valence-corrected chi connectivity index (χ1v) is 7.67. The highest BCUT2D eigenvalue weighted by Crippen LogP contribution is 2.23. The molecule has 21 heavy (non-hydrogen) atoms. The van der Waals surface area contributed by atoms with E-state index in [1.807, 2.05) is 6.07 Å². The van der Waals surface area contributed by atoms with Crippen LogP contribution < -0.4 is 10.2 Å². The maximum Gasteiger partial charge on any atom is 0.101 e. The molecule has 116 valence electrons. The lowest BCUT2D eigenvalue weighted by Gasteiger charge is -2.30. The van der Waals surface area contributed by atoms with Crippen LogP contribution in [0.25, 0.3) is 0 Å². The normalized spacial score (nSPS) is 12.0. The zero-order valence-corrected chi connectivity index (χ0v) is 13.6.